The Kier molecular flexibility index (Phi) is 6.44. The van der Waals surface area contributed by atoms with Crippen molar-refractivity contribution in [3.8, 4) is 0 Å². The quantitative estimate of drug-likeness (QED) is 0.616. The molecule has 1 saturated heterocycles. The molecule has 2 fully saturated rings. The monoisotopic (exact) mass is 444 g/mol. The SMILES string of the molecule is Cc1ccc(S(=O)(=O)N2C(CCCNC(=O)C3CC3)CCC2c2ccc(F)cc2)cc1. The molecule has 1 aliphatic carbocycles. The molecule has 2 atom stereocenters. The molecule has 2 unspecified atom stereocenters. The number of hydrogen-bond acceptors (Lipinski definition) is 3. The van der Waals surface area contributed by atoms with Crippen LogP contribution in [0.25, 0.3) is 0 Å². The maximum atomic E-state index is 13.6. The number of carbonyl (C=O) groups is 1. The van der Waals surface area contributed by atoms with Crippen molar-refractivity contribution in [3.05, 3.63) is 65.5 Å². The van der Waals surface area contributed by atoms with E-state index in [0.717, 1.165) is 36.8 Å². The number of sulfonamides is 1. The molecular weight excluding hydrogens is 415 g/mol. The number of nitrogens with one attached hydrogen (secondary N) is 1. The number of hydrogen-bond donors (Lipinski definition) is 1. The predicted octanol–water partition coefficient (Wildman–Crippen LogP) is 4.33. The van der Waals surface area contributed by atoms with Crippen molar-refractivity contribution in [1.82, 2.24) is 9.62 Å². The van der Waals surface area contributed by atoms with E-state index in [2.05, 4.69) is 5.32 Å². The van der Waals surface area contributed by atoms with Gasteiger partial charge in [-0.15, -0.1) is 0 Å². The molecule has 7 heteroatoms. The molecule has 1 amide bonds. The lowest BCUT2D eigenvalue weighted by Gasteiger charge is -2.30. The van der Waals surface area contributed by atoms with Crippen molar-refractivity contribution in [2.75, 3.05) is 6.54 Å². The first kappa shape index (κ1) is 22.0. The lowest BCUT2D eigenvalue weighted by Crippen LogP contribution is -2.38. The summed E-state index contributed by atoms with van der Waals surface area (Å²) in [4.78, 5) is 12.1. The molecule has 31 heavy (non-hydrogen) atoms. The van der Waals surface area contributed by atoms with Crippen LogP contribution < -0.4 is 5.32 Å². The highest BCUT2D eigenvalue weighted by molar-refractivity contribution is 7.89. The maximum Gasteiger partial charge on any atom is 0.243 e. The second kappa shape index (κ2) is 9.09. The van der Waals surface area contributed by atoms with Crippen molar-refractivity contribution >= 4 is 15.9 Å². The summed E-state index contributed by atoms with van der Waals surface area (Å²) in [6.07, 6.45) is 4.76. The van der Waals surface area contributed by atoms with Crippen LogP contribution in [0, 0.1) is 18.7 Å². The molecule has 1 heterocycles. The van der Waals surface area contributed by atoms with Crippen molar-refractivity contribution in [3.63, 3.8) is 0 Å². The zero-order valence-corrected chi connectivity index (χ0v) is 18.6. The standard InChI is InChI=1S/C24H29FN2O3S/c1-17-4-13-22(14-5-17)31(29,30)27-21(3-2-16-26-24(28)19-6-7-19)12-15-23(27)18-8-10-20(25)11-9-18/h4-5,8-11,13-14,19,21,23H,2-3,6-7,12,15-16H2,1H3,(H,26,28). The average molecular weight is 445 g/mol. The fourth-order valence-corrected chi connectivity index (χ4v) is 6.25. The van der Waals surface area contributed by atoms with Crippen LogP contribution in [0.5, 0.6) is 0 Å². The van der Waals surface area contributed by atoms with E-state index >= 15 is 0 Å². The summed E-state index contributed by atoms with van der Waals surface area (Å²) in [5.74, 6) is -0.0508. The zero-order valence-electron chi connectivity index (χ0n) is 17.8. The number of carbonyl (C=O) groups excluding carboxylic acids is 1. The van der Waals surface area contributed by atoms with Crippen LogP contribution in [-0.4, -0.2) is 31.2 Å². The fourth-order valence-electron chi connectivity index (χ4n) is 4.36. The van der Waals surface area contributed by atoms with Crippen molar-refractivity contribution in [2.24, 2.45) is 5.92 Å². The summed E-state index contributed by atoms with van der Waals surface area (Å²) < 4.78 is 42.3. The predicted molar refractivity (Wildman–Crippen MR) is 117 cm³/mol. The molecule has 2 aromatic carbocycles. The minimum atomic E-state index is -3.72. The van der Waals surface area contributed by atoms with Gasteiger partial charge in [0.15, 0.2) is 0 Å². The van der Waals surface area contributed by atoms with Gasteiger partial charge in [-0.25, -0.2) is 12.8 Å². The van der Waals surface area contributed by atoms with E-state index in [1.54, 1.807) is 40.7 Å². The van der Waals surface area contributed by atoms with E-state index in [0.29, 0.717) is 19.4 Å². The Labute approximate surface area is 183 Å². The first-order valence-electron chi connectivity index (χ1n) is 11.0. The van der Waals surface area contributed by atoms with Gasteiger partial charge < -0.3 is 5.32 Å². The van der Waals surface area contributed by atoms with Gasteiger partial charge in [-0.2, -0.15) is 4.31 Å². The average Bonchev–Trinajstić information content (AvgIpc) is 3.51. The summed E-state index contributed by atoms with van der Waals surface area (Å²) in [5, 5.41) is 2.96. The van der Waals surface area contributed by atoms with E-state index in [1.165, 1.54) is 12.1 Å². The summed E-state index contributed by atoms with van der Waals surface area (Å²) in [6, 6.07) is 12.6. The third kappa shape index (κ3) is 4.99. The topological polar surface area (TPSA) is 66.5 Å². The van der Waals surface area contributed by atoms with Gasteiger partial charge in [-0.3, -0.25) is 4.79 Å². The molecular formula is C24H29FN2O3S. The number of halogens is 1. The van der Waals surface area contributed by atoms with Gasteiger partial charge in [0.25, 0.3) is 0 Å². The van der Waals surface area contributed by atoms with E-state index in [4.69, 9.17) is 0 Å². The van der Waals surface area contributed by atoms with Crippen LogP contribution in [0.2, 0.25) is 0 Å². The number of benzene rings is 2. The fraction of sp³-hybridized carbons (Fsp3) is 0.458. The van der Waals surface area contributed by atoms with Gasteiger partial charge in [-0.05, 0) is 75.3 Å². The Bertz CT molecular complexity index is 1020. The molecule has 1 N–H and O–H groups in total. The van der Waals surface area contributed by atoms with Gasteiger partial charge in [0.2, 0.25) is 15.9 Å². The molecule has 1 aliphatic heterocycles. The third-order valence-corrected chi connectivity index (χ3v) is 8.23. The molecule has 0 aromatic heterocycles. The second-order valence-electron chi connectivity index (χ2n) is 8.65. The number of rotatable bonds is 8. The molecule has 5 nitrogen and oxygen atoms in total. The third-order valence-electron chi connectivity index (χ3n) is 6.25. The van der Waals surface area contributed by atoms with Crippen molar-refractivity contribution < 1.29 is 17.6 Å². The van der Waals surface area contributed by atoms with Gasteiger partial charge in [0.1, 0.15) is 5.82 Å². The van der Waals surface area contributed by atoms with E-state index in [1.807, 2.05) is 6.92 Å². The van der Waals surface area contributed by atoms with Crippen LogP contribution in [0.4, 0.5) is 4.39 Å². The summed E-state index contributed by atoms with van der Waals surface area (Å²) in [7, 11) is -3.72. The Morgan fingerprint density at radius 3 is 2.35 bits per heavy atom. The molecule has 0 bridgehead atoms. The number of aryl methyl sites for hydroxylation is 1. The van der Waals surface area contributed by atoms with Crippen LogP contribution >= 0.6 is 0 Å². The Balaban J connectivity index is 1.54. The Hall–Kier alpha value is -2.25. The zero-order chi connectivity index (χ0) is 22.0. The molecule has 0 spiro atoms. The number of amides is 1. The summed E-state index contributed by atoms with van der Waals surface area (Å²) in [5.41, 5.74) is 1.81. The largest absolute Gasteiger partial charge is 0.356 e. The van der Waals surface area contributed by atoms with E-state index < -0.39 is 10.0 Å². The molecule has 0 radical (unpaired) electrons. The highest BCUT2D eigenvalue weighted by Crippen LogP contribution is 2.42. The van der Waals surface area contributed by atoms with Gasteiger partial charge in [0, 0.05) is 18.5 Å². The van der Waals surface area contributed by atoms with Crippen LogP contribution in [0.15, 0.2) is 53.4 Å². The van der Waals surface area contributed by atoms with Gasteiger partial charge in [0.05, 0.1) is 10.9 Å². The highest BCUT2D eigenvalue weighted by Gasteiger charge is 2.42. The molecule has 4 rings (SSSR count). The minimum Gasteiger partial charge on any atom is -0.356 e. The Morgan fingerprint density at radius 2 is 1.71 bits per heavy atom. The first-order chi connectivity index (χ1) is 14.9. The minimum absolute atomic E-state index is 0.111. The lowest BCUT2D eigenvalue weighted by atomic mass is 10.0. The van der Waals surface area contributed by atoms with Crippen LogP contribution in [0.1, 0.15) is 55.7 Å². The first-order valence-corrected chi connectivity index (χ1v) is 12.4. The van der Waals surface area contributed by atoms with Crippen LogP contribution in [0.3, 0.4) is 0 Å². The highest BCUT2D eigenvalue weighted by atomic mass is 32.2. The van der Waals surface area contributed by atoms with Crippen molar-refractivity contribution in [1.29, 1.82) is 0 Å². The molecule has 2 aliphatic rings. The smallest absolute Gasteiger partial charge is 0.243 e. The van der Waals surface area contributed by atoms with E-state index in [9.17, 15) is 17.6 Å². The van der Waals surface area contributed by atoms with E-state index in [-0.39, 0.29) is 34.6 Å². The summed E-state index contributed by atoms with van der Waals surface area (Å²) in [6.45, 7) is 2.48. The second-order valence-corrected chi connectivity index (χ2v) is 10.5. The molecule has 166 valence electrons. The van der Waals surface area contributed by atoms with Crippen molar-refractivity contribution in [2.45, 2.75) is 62.4 Å². The molecule has 2 aromatic rings. The summed E-state index contributed by atoms with van der Waals surface area (Å²) >= 11 is 0. The van der Waals surface area contributed by atoms with Gasteiger partial charge >= 0.3 is 0 Å². The Morgan fingerprint density at radius 1 is 1.03 bits per heavy atom. The van der Waals surface area contributed by atoms with Crippen LogP contribution in [-0.2, 0) is 14.8 Å². The van der Waals surface area contributed by atoms with Gasteiger partial charge in [-0.1, -0.05) is 29.8 Å². The normalized spacial score (nSPS) is 21.9. The maximum absolute atomic E-state index is 13.6. The lowest BCUT2D eigenvalue weighted by molar-refractivity contribution is -0.122. The number of nitrogens with zero attached hydrogens (tertiary/aromatic N) is 1. The molecule has 1 saturated carbocycles.